The van der Waals surface area contributed by atoms with E-state index in [4.69, 9.17) is 18.9 Å². The van der Waals surface area contributed by atoms with Crippen molar-refractivity contribution in [3.63, 3.8) is 0 Å². The van der Waals surface area contributed by atoms with Gasteiger partial charge in [-0.3, -0.25) is 4.79 Å². The molecule has 0 aromatic carbocycles. The Morgan fingerprint density at radius 3 is 1.59 bits per heavy atom. The molecule has 2 aliphatic rings. The minimum atomic E-state index is -1.79. The Labute approximate surface area is 397 Å². The number of aliphatic hydroxyl groups is 8. The van der Waals surface area contributed by atoms with Gasteiger partial charge in [0.05, 0.1) is 32.0 Å². The van der Waals surface area contributed by atoms with Crippen molar-refractivity contribution in [3.8, 4) is 0 Å². The van der Waals surface area contributed by atoms with Gasteiger partial charge in [-0.05, 0) is 64.2 Å². The lowest BCUT2D eigenvalue weighted by atomic mass is 9.97. The lowest BCUT2D eigenvalue weighted by Crippen LogP contribution is -2.65. The molecule has 2 fully saturated rings. The number of aliphatic hydroxyl groups excluding tert-OH is 8. The van der Waals surface area contributed by atoms with Gasteiger partial charge in [0.15, 0.2) is 12.6 Å². The van der Waals surface area contributed by atoms with E-state index in [1.165, 1.54) is 96.3 Å². The van der Waals surface area contributed by atoms with E-state index in [0.29, 0.717) is 12.8 Å². The molecule has 2 aliphatic heterocycles. The van der Waals surface area contributed by atoms with Crippen LogP contribution in [-0.4, -0.2) is 140 Å². The van der Waals surface area contributed by atoms with Crippen LogP contribution < -0.4 is 5.32 Å². The molecule has 2 saturated heterocycles. The van der Waals surface area contributed by atoms with Gasteiger partial charge in [0.25, 0.3) is 0 Å². The van der Waals surface area contributed by atoms with Gasteiger partial charge in [-0.2, -0.15) is 0 Å². The van der Waals surface area contributed by atoms with Crippen molar-refractivity contribution >= 4 is 5.91 Å². The lowest BCUT2D eigenvalue weighted by molar-refractivity contribution is -0.359. The molecule has 14 heteroatoms. The van der Waals surface area contributed by atoms with Gasteiger partial charge in [-0.1, -0.05) is 159 Å². The maximum Gasteiger partial charge on any atom is 0.220 e. The van der Waals surface area contributed by atoms with E-state index in [0.717, 1.165) is 51.4 Å². The molecule has 0 aromatic rings. The van der Waals surface area contributed by atoms with Crippen LogP contribution in [0.2, 0.25) is 0 Å². The molecule has 9 N–H and O–H groups in total. The number of hydrogen-bond acceptors (Lipinski definition) is 13. The molecular weight excluding hydrogens is 847 g/mol. The number of rotatable bonds is 39. The second-order valence-corrected chi connectivity index (χ2v) is 18.3. The van der Waals surface area contributed by atoms with Crippen LogP contribution in [0.15, 0.2) is 48.6 Å². The number of allylic oxidation sites excluding steroid dienone is 7. The van der Waals surface area contributed by atoms with E-state index in [1.807, 2.05) is 6.08 Å². The SMILES string of the molecule is CCCCCC/C=C\C/C=C\CCCCCCCCCC(=O)NC(COC1OC(CO)C(OC2OC(CO)C(O)C(O)C2O)C(O)C1O)C(O)/C=C/CC/C=C/CCCCCCCCCC. The minimum absolute atomic E-state index is 0.260. The summed E-state index contributed by atoms with van der Waals surface area (Å²) in [6, 6.07) is -0.935. The monoisotopic (exact) mass is 940 g/mol. The van der Waals surface area contributed by atoms with Crippen LogP contribution >= 0.6 is 0 Å². The standard InChI is InChI=1S/C52H93NO13/c1-3-5-7-9-11-13-15-17-19-20-21-22-24-26-28-30-32-34-36-44(57)53-40(41(56)35-33-31-29-27-25-23-18-16-14-12-10-8-6-4-2)39-63-51-49(62)47(60)50(43(38-55)65-51)66-52-48(61)46(59)45(58)42(37-54)64-52/h13,15,19-20,25,27,33,35,40-43,45-52,54-56,58-62H,3-12,14,16-18,21-24,26,28-32,34,36-39H2,1-2H3,(H,53,57)/b15-13-,20-19-,27-25+,35-33+. The largest absolute Gasteiger partial charge is 0.394 e. The van der Waals surface area contributed by atoms with Crippen molar-refractivity contribution in [2.75, 3.05) is 19.8 Å². The van der Waals surface area contributed by atoms with Crippen molar-refractivity contribution < 1.29 is 64.6 Å². The lowest BCUT2D eigenvalue weighted by Gasteiger charge is -2.46. The summed E-state index contributed by atoms with van der Waals surface area (Å²) < 4.78 is 22.7. The van der Waals surface area contributed by atoms with Crippen molar-refractivity contribution in [3.05, 3.63) is 48.6 Å². The average molecular weight is 940 g/mol. The summed E-state index contributed by atoms with van der Waals surface area (Å²) in [5.74, 6) is -0.260. The summed E-state index contributed by atoms with van der Waals surface area (Å²) in [4.78, 5) is 13.2. The van der Waals surface area contributed by atoms with Crippen LogP contribution in [0, 0.1) is 0 Å². The number of carbonyl (C=O) groups excluding carboxylic acids is 1. The molecule has 12 atom stereocenters. The molecule has 0 bridgehead atoms. The fraction of sp³-hybridized carbons (Fsp3) is 0.827. The third kappa shape index (κ3) is 25.5. The first-order valence-corrected chi connectivity index (χ1v) is 25.9. The number of nitrogens with one attached hydrogen (secondary N) is 1. The Hall–Kier alpha value is -2.05. The van der Waals surface area contributed by atoms with E-state index >= 15 is 0 Å². The molecule has 66 heavy (non-hydrogen) atoms. The maximum absolute atomic E-state index is 13.2. The van der Waals surface area contributed by atoms with Crippen molar-refractivity contribution in [2.45, 2.75) is 254 Å². The zero-order valence-corrected chi connectivity index (χ0v) is 40.7. The van der Waals surface area contributed by atoms with Crippen LogP contribution in [0.1, 0.15) is 181 Å². The number of carbonyl (C=O) groups is 1. The summed E-state index contributed by atoms with van der Waals surface area (Å²) in [5.41, 5.74) is 0. The number of ether oxygens (including phenoxy) is 4. The normalized spacial score (nSPS) is 27.2. The minimum Gasteiger partial charge on any atom is -0.394 e. The summed E-state index contributed by atoms with van der Waals surface area (Å²) in [5, 5.41) is 86.7. The highest BCUT2D eigenvalue weighted by molar-refractivity contribution is 5.76. The highest BCUT2D eigenvalue weighted by Gasteiger charge is 2.51. The third-order valence-corrected chi connectivity index (χ3v) is 12.5. The quantitative estimate of drug-likeness (QED) is 0.0227. The summed E-state index contributed by atoms with van der Waals surface area (Å²) in [7, 11) is 0. The highest BCUT2D eigenvalue weighted by Crippen LogP contribution is 2.30. The number of unbranched alkanes of at least 4 members (excludes halogenated alkanes) is 20. The maximum atomic E-state index is 13.2. The topological polar surface area (TPSA) is 228 Å². The molecule has 0 aromatic heterocycles. The summed E-state index contributed by atoms with van der Waals surface area (Å²) in [6.45, 7) is 2.73. The zero-order chi connectivity index (χ0) is 48.2. The molecule has 0 radical (unpaired) electrons. The average Bonchev–Trinajstić information content (AvgIpc) is 3.31. The van der Waals surface area contributed by atoms with E-state index < -0.39 is 86.8 Å². The first-order chi connectivity index (χ1) is 32.1. The van der Waals surface area contributed by atoms with Crippen molar-refractivity contribution in [1.82, 2.24) is 5.32 Å². The summed E-state index contributed by atoms with van der Waals surface area (Å²) >= 11 is 0. The molecule has 0 spiro atoms. The van der Waals surface area contributed by atoms with Crippen LogP contribution in [0.4, 0.5) is 0 Å². The fourth-order valence-electron chi connectivity index (χ4n) is 8.22. The Kier molecular flexibility index (Phi) is 35.3. The zero-order valence-electron chi connectivity index (χ0n) is 40.7. The van der Waals surface area contributed by atoms with Gasteiger partial charge in [-0.15, -0.1) is 0 Å². The Balaban J connectivity index is 1.86. The van der Waals surface area contributed by atoms with Crippen LogP contribution in [-0.2, 0) is 23.7 Å². The molecule has 0 aliphatic carbocycles. The second kappa shape index (κ2) is 38.8. The second-order valence-electron chi connectivity index (χ2n) is 18.3. The van der Waals surface area contributed by atoms with Gasteiger partial charge >= 0.3 is 0 Å². The molecule has 2 rings (SSSR count). The van der Waals surface area contributed by atoms with Gasteiger partial charge in [0.1, 0.15) is 48.8 Å². The van der Waals surface area contributed by atoms with Gasteiger partial charge in [-0.25, -0.2) is 0 Å². The van der Waals surface area contributed by atoms with E-state index in [-0.39, 0.29) is 18.9 Å². The predicted molar refractivity (Wildman–Crippen MR) is 258 cm³/mol. The van der Waals surface area contributed by atoms with Crippen LogP contribution in [0.5, 0.6) is 0 Å². The van der Waals surface area contributed by atoms with Crippen molar-refractivity contribution in [1.29, 1.82) is 0 Å². The molecule has 0 saturated carbocycles. The predicted octanol–water partition coefficient (Wildman–Crippen LogP) is 6.88. The number of amides is 1. The first kappa shape index (κ1) is 60.1. The Morgan fingerprint density at radius 1 is 0.545 bits per heavy atom. The fourth-order valence-corrected chi connectivity index (χ4v) is 8.22. The molecule has 384 valence electrons. The van der Waals surface area contributed by atoms with Gasteiger partial charge < -0.3 is 65.1 Å². The first-order valence-electron chi connectivity index (χ1n) is 25.9. The van der Waals surface area contributed by atoms with Gasteiger partial charge in [0.2, 0.25) is 5.91 Å². The van der Waals surface area contributed by atoms with Crippen LogP contribution in [0.25, 0.3) is 0 Å². The Morgan fingerprint density at radius 2 is 1.02 bits per heavy atom. The summed E-state index contributed by atoms with van der Waals surface area (Å²) in [6.07, 6.45) is 28.6. The highest BCUT2D eigenvalue weighted by atomic mass is 16.7. The van der Waals surface area contributed by atoms with E-state index in [9.17, 15) is 45.6 Å². The van der Waals surface area contributed by atoms with E-state index in [1.54, 1.807) is 6.08 Å². The molecular formula is C52H93NO13. The van der Waals surface area contributed by atoms with Crippen LogP contribution in [0.3, 0.4) is 0 Å². The molecule has 1 amide bonds. The third-order valence-electron chi connectivity index (χ3n) is 12.5. The van der Waals surface area contributed by atoms with Gasteiger partial charge in [0, 0.05) is 6.42 Å². The molecule has 14 nitrogen and oxygen atoms in total. The van der Waals surface area contributed by atoms with E-state index in [2.05, 4.69) is 55.6 Å². The smallest absolute Gasteiger partial charge is 0.220 e. The molecule has 2 heterocycles. The Bertz CT molecular complexity index is 1290. The molecule has 12 unspecified atom stereocenters. The van der Waals surface area contributed by atoms with Crippen molar-refractivity contribution in [2.24, 2.45) is 0 Å². The number of hydrogen-bond donors (Lipinski definition) is 9.